The van der Waals surface area contributed by atoms with Crippen LogP contribution >= 0.6 is 11.3 Å². The number of rotatable bonds is 6. The van der Waals surface area contributed by atoms with Gasteiger partial charge >= 0.3 is 18.3 Å². The molecular formula is C21H19F4N5O5S. The molecule has 2 aromatic carbocycles. The highest BCUT2D eigenvalue weighted by Crippen LogP contribution is 2.43. The third-order valence-corrected chi connectivity index (χ3v) is 5.60. The number of fused-ring (bicyclic) bond motifs is 1. The zero-order chi connectivity index (χ0) is 26.7. The summed E-state index contributed by atoms with van der Waals surface area (Å²) < 4.78 is 59.7. The monoisotopic (exact) mass is 529 g/mol. The Balaban J connectivity index is 2.04. The van der Waals surface area contributed by atoms with E-state index in [1.54, 1.807) is 0 Å². The van der Waals surface area contributed by atoms with Crippen molar-refractivity contribution in [2.24, 2.45) is 0 Å². The number of hydrogen-bond donors (Lipinski definition) is 5. The van der Waals surface area contributed by atoms with Gasteiger partial charge in [0, 0.05) is 24.8 Å². The number of amides is 4. The van der Waals surface area contributed by atoms with Gasteiger partial charge in [0.15, 0.2) is 10.9 Å². The molecule has 0 aliphatic heterocycles. The first-order valence-corrected chi connectivity index (χ1v) is 11.0. The molecule has 192 valence electrons. The molecule has 0 spiro atoms. The number of nitrogens with zero attached hydrogens (tertiary/aromatic N) is 1. The number of likely N-dealkylation sites (N-methyl/N-ethyl adjacent to an activating group) is 1. The Hall–Kier alpha value is -3.98. The van der Waals surface area contributed by atoms with E-state index in [9.17, 15) is 37.1 Å². The van der Waals surface area contributed by atoms with Crippen molar-refractivity contribution in [3.05, 3.63) is 47.8 Å². The summed E-state index contributed by atoms with van der Waals surface area (Å²) in [5.74, 6) is -2.75. The molecule has 0 radical (unpaired) electrons. The molecule has 3 rings (SSSR count). The molecule has 0 bridgehead atoms. The Kier molecular flexibility index (Phi) is 7.64. The fraction of sp³-hybridized carbons (Fsp3) is 0.238. The number of nitrogens with one attached hydrogen (secondary N) is 4. The number of aliphatic hydroxyl groups is 1. The summed E-state index contributed by atoms with van der Waals surface area (Å²) in [5, 5.41) is 19.2. The zero-order valence-corrected chi connectivity index (χ0v) is 19.4. The summed E-state index contributed by atoms with van der Waals surface area (Å²) in [5.41, 5.74) is -4.78. The summed E-state index contributed by atoms with van der Waals surface area (Å²) in [6.45, 7) is 1.18. The van der Waals surface area contributed by atoms with E-state index in [1.807, 2.05) is 5.32 Å². The first-order chi connectivity index (χ1) is 16.9. The average molecular weight is 529 g/mol. The van der Waals surface area contributed by atoms with Gasteiger partial charge in [0.25, 0.3) is 11.5 Å². The molecule has 5 N–H and O–H groups in total. The van der Waals surface area contributed by atoms with Crippen LogP contribution in [0.1, 0.15) is 12.5 Å². The van der Waals surface area contributed by atoms with Gasteiger partial charge in [-0.2, -0.15) is 13.2 Å². The zero-order valence-electron chi connectivity index (χ0n) is 18.6. The average Bonchev–Trinajstić information content (AvgIpc) is 3.21. The second-order valence-electron chi connectivity index (χ2n) is 7.13. The van der Waals surface area contributed by atoms with Gasteiger partial charge in [0.2, 0.25) is 0 Å². The number of carbonyl (C=O) groups excluding carboxylic acids is 3. The number of thiazole rings is 1. The van der Waals surface area contributed by atoms with E-state index in [4.69, 9.17) is 4.74 Å². The highest BCUT2D eigenvalue weighted by molar-refractivity contribution is 7.22. The molecule has 4 amide bonds. The molecule has 3 aromatic rings. The van der Waals surface area contributed by atoms with Crippen molar-refractivity contribution in [1.82, 2.24) is 15.6 Å². The summed E-state index contributed by atoms with van der Waals surface area (Å²) in [4.78, 5) is 40.4. The lowest BCUT2D eigenvalue weighted by Gasteiger charge is -2.29. The number of urea groups is 1. The maximum Gasteiger partial charge on any atom is 0.430 e. The van der Waals surface area contributed by atoms with Crippen molar-refractivity contribution >= 4 is 50.4 Å². The third-order valence-electron chi connectivity index (χ3n) is 4.68. The Morgan fingerprint density at radius 1 is 1.11 bits per heavy atom. The Bertz CT molecular complexity index is 1300. The second-order valence-corrected chi connectivity index (χ2v) is 8.16. The molecule has 15 heteroatoms. The molecule has 0 fully saturated rings. The normalized spacial score (nSPS) is 13.0. The lowest BCUT2D eigenvalue weighted by atomic mass is 9.91. The van der Waals surface area contributed by atoms with Gasteiger partial charge < -0.3 is 25.8 Å². The lowest BCUT2D eigenvalue weighted by molar-refractivity contribution is -0.256. The van der Waals surface area contributed by atoms with Gasteiger partial charge in [-0.3, -0.25) is 10.1 Å². The van der Waals surface area contributed by atoms with Crippen LogP contribution < -0.4 is 26.0 Å². The van der Waals surface area contributed by atoms with Gasteiger partial charge in [-0.05, 0) is 43.3 Å². The van der Waals surface area contributed by atoms with Crippen LogP contribution in [0.2, 0.25) is 0 Å². The number of ether oxygens (including phenoxy) is 1. The molecule has 1 atom stereocenters. The van der Waals surface area contributed by atoms with E-state index in [-0.39, 0.29) is 27.6 Å². The van der Waals surface area contributed by atoms with Crippen LogP contribution in [0, 0.1) is 5.82 Å². The standard InChI is InChI=1S/C21H19F4N5O5S/c1-3-27-16(31)20(34,21(23,24)25)10-8-13(35-19(33)26-2)15-14(9-10)36-18(29-15)30-17(32)28-12-6-4-11(22)5-7-12/h4-9,34H,3H2,1-2H3,(H,26,33)(H,27,31)(H2,28,29,30,32)/t20-/m1/s1. The predicted octanol–water partition coefficient (Wildman–Crippen LogP) is 3.68. The maximum absolute atomic E-state index is 13.9. The summed E-state index contributed by atoms with van der Waals surface area (Å²) in [7, 11) is 1.21. The van der Waals surface area contributed by atoms with Crippen molar-refractivity contribution in [3.8, 4) is 5.75 Å². The first kappa shape index (κ1) is 26.6. The van der Waals surface area contributed by atoms with Gasteiger partial charge in [0.1, 0.15) is 11.3 Å². The van der Waals surface area contributed by atoms with Crippen molar-refractivity contribution < 1.29 is 41.8 Å². The fourth-order valence-electron chi connectivity index (χ4n) is 2.99. The topological polar surface area (TPSA) is 142 Å². The summed E-state index contributed by atoms with van der Waals surface area (Å²) in [6.07, 6.45) is -6.50. The minimum Gasteiger partial charge on any atom is -0.408 e. The highest BCUT2D eigenvalue weighted by atomic mass is 32.1. The highest BCUT2D eigenvalue weighted by Gasteiger charge is 2.61. The summed E-state index contributed by atoms with van der Waals surface area (Å²) in [6, 6.07) is 5.56. The first-order valence-electron chi connectivity index (χ1n) is 10.1. The molecule has 0 saturated heterocycles. The van der Waals surface area contributed by atoms with Gasteiger partial charge in [-0.25, -0.2) is 19.0 Å². The minimum atomic E-state index is -5.44. The van der Waals surface area contributed by atoms with E-state index in [0.29, 0.717) is 17.4 Å². The number of alkyl halides is 3. The number of hydrogen-bond acceptors (Lipinski definition) is 7. The van der Waals surface area contributed by atoms with Crippen LogP contribution in [0.4, 0.5) is 38.0 Å². The van der Waals surface area contributed by atoms with Crippen LogP contribution in [0.15, 0.2) is 36.4 Å². The smallest absolute Gasteiger partial charge is 0.408 e. The Morgan fingerprint density at radius 2 is 1.78 bits per heavy atom. The van der Waals surface area contributed by atoms with E-state index >= 15 is 0 Å². The van der Waals surface area contributed by atoms with Crippen molar-refractivity contribution in [3.63, 3.8) is 0 Å². The third kappa shape index (κ3) is 5.46. The van der Waals surface area contributed by atoms with Gasteiger partial charge in [0.05, 0.1) is 4.70 Å². The number of benzene rings is 2. The van der Waals surface area contributed by atoms with Crippen LogP contribution in [0.25, 0.3) is 10.2 Å². The molecule has 0 unspecified atom stereocenters. The maximum atomic E-state index is 13.9. The van der Waals surface area contributed by atoms with Crippen molar-refractivity contribution in [2.75, 3.05) is 24.2 Å². The van der Waals surface area contributed by atoms with E-state index in [0.717, 1.165) is 18.2 Å². The molecule has 0 aliphatic carbocycles. The van der Waals surface area contributed by atoms with E-state index < -0.39 is 46.9 Å². The SMILES string of the molecule is CCNC(=O)[C@](O)(c1cc(OC(=O)NC)c2nc(NC(=O)Nc3ccc(F)cc3)sc2c1)C(F)(F)F. The molecular weight excluding hydrogens is 510 g/mol. The number of aromatic nitrogens is 1. The van der Waals surface area contributed by atoms with Crippen LogP contribution in [-0.4, -0.2) is 47.9 Å². The lowest BCUT2D eigenvalue weighted by Crippen LogP contribution is -2.54. The number of carbonyl (C=O) groups is 3. The minimum absolute atomic E-state index is 0.0459. The predicted molar refractivity (Wildman–Crippen MR) is 122 cm³/mol. The Morgan fingerprint density at radius 3 is 2.36 bits per heavy atom. The number of halogens is 4. The van der Waals surface area contributed by atoms with E-state index in [2.05, 4.69) is 20.9 Å². The van der Waals surface area contributed by atoms with Crippen LogP contribution in [-0.2, 0) is 10.4 Å². The van der Waals surface area contributed by atoms with Crippen molar-refractivity contribution in [2.45, 2.75) is 18.7 Å². The van der Waals surface area contributed by atoms with Crippen LogP contribution in [0.3, 0.4) is 0 Å². The largest absolute Gasteiger partial charge is 0.430 e. The van der Waals surface area contributed by atoms with Gasteiger partial charge in [-0.1, -0.05) is 11.3 Å². The van der Waals surface area contributed by atoms with Crippen molar-refractivity contribution in [1.29, 1.82) is 0 Å². The van der Waals surface area contributed by atoms with Crippen LogP contribution in [0.5, 0.6) is 5.75 Å². The Labute approximate surface area is 204 Å². The molecule has 36 heavy (non-hydrogen) atoms. The molecule has 1 heterocycles. The quantitative estimate of drug-likeness (QED) is 0.309. The fourth-order valence-corrected chi connectivity index (χ4v) is 3.91. The molecule has 10 nitrogen and oxygen atoms in total. The van der Waals surface area contributed by atoms with Gasteiger partial charge in [-0.15, -0.1) is 0 Å². The molecule has 0 saturated carbocycles. The molecule has 0 aliphatic rings. The second kappa shape index (κ2) is 10.3. The van der Waals surface area contributed by atoms with E-state index in [1.165, 1.54) is 26.1 Å². The number of anilines is 2. The summed E-state index contributed by atoms with van der Waals surface area (Å²) >= 11 is 0.689. The molecule has 1 aromatic heterocycles.